The molecule has 0 bridgehead atoms. The van der Waals surface area contributed by atoms with Crippen LogP contribution in [0, 0.1) is 0 Å². The summed E-state index contributed by atoms with van der Waals surface area (Å²) in [6.45, 7) is 5.56. The van der Waals surface area contributed by atoms with Crippen molar-refractivity contribution >= 4 is 51.9 Å². The molecule has 0 spiro atoms. The van der Waals surface area contributed by atoms with Crippen LogP contribution >= 0.6 is 33.9 Å². The molecule has 1 fully saturated rings. The summed E-state index contributed by atoms with van der Waals surface area (Å²) in [7, 11) is 0. The number of carbonyl (C=O) groups is 2. The molecule has 0 radical (unpaired) electrons. The lowest BCUT2D eigenvalue weighted by atomic mass is 10.1. The molecule has 24 heavy (non-hydrogen) atoms. The fourth-order valence-electron chi connectivity index (χ4n) is 2.85. The number of thiophene rings is 1. The summed E-state index contributed by atoms with van der Waals surface area (Å²) in [4.78, 5) is 28.0. The van der Waals surface area contributed by atoms with E-state index >= 15 is 0 Å². The lowest BCUT2D eigenvalue weighted by molar-refractivity contribution is -0.163. The highest BCUT2D eigenvalue weighted by molar-refractivity contribution is 14.1. The fraction of sp³-hybridized carbons (Fsp3) is 0.556. The summed E-state index contributed by atoms with van der Waals surface area (Å²) in [6.07, 6.45) is 5.83. The van der Waals surface area contributed by atoms with E-state index in [0.29, 0.717) is 6.42 Å². The molecule has 4 nitrogen and oxygen atoms in total. The molecule has 0 saturated carbocycles. The summed E-state index contributed by atoms with van der Waals surface area (Å²) < 4.78 is 6.48. The van der Waals surface area contributed by atoms with Crippen molar-refractivity contribution < 1.29 is 14.3 Å². The smallest absolute Gasteiger partial charge is 0.329 e. The molecule has 1 saturated heterocycles. The van der Waals surface area contributed by atoms with Crippen molar-refractivity contribution in [2.75, 3.05) is 4.43 Å². The highest BCUT2D eigenvalue weighted by atomic mass is 127. The van der Waals surface area contributed by atoms with E-state index in [1.165, 1.54) is 0 Å². The van der Waals surface area contributed by atoms with E-state index in [1.807, 2.05) is 44.4 Å². The molecule has 1 aromatic rings. The molecule has 0 N–H and O–H groups in total. The van der Waals surface area contributed by atoms with Gasteiger partial charge in [0.25, 0.3) is 0 Å². The zero-order valence-electron chi connectivity index (χ0n) is 14.3. The van der Waals surface area contributed by atoms with Crippen molar-refractivity contribution in [1.82, 2.24) is 4.90 Å². The van der Waals surface area contributed by atoms with Crippen molar-refractivity contribution in [3.05, 3.63) is 28.5 Å². The van der Waals surface area contributed by atoms with Gasteiger partial charge in [0.2, 0.25) is 5.91 Å². The monoisotopic (exact) mass is 461 g/mol. The van der Waals surface area contributed by atoms with Crippen LogP contribution in [-0.2, 0) is 14.3 Å². The average Bonchev–Trinajstić information content (AvgIpc) is 3.12. The lowest BCUT2D eigenvalue weighted by Crippen LogP contribution is -2.46. The second-order valence-corrected chi connectivity index (χ2v) is 8.91. The van der Waals surface area contributed by atoms with Gasteiger partial charge in [-0.15, -0.1) is 11.3 Å². The summed E-state index contributed by atoms with van der Waals surface area (Å²) in [5.74, 6) is -0.400. The number of ether oxygens (including phenoxy) is 1. The quantitative estimate of drug-likeness (QED) is 0.285. The molecule has 0 unspecified atom stereocenters. The Hall–Kier alpha value is -0.890. The topological polar surface area (TPSA) is 46.6 Å². The molecule has 1 amide bonds. The summed E-state index contributed by atoms with van der Waals surface area (Å²) in [6, 6.07) is 3.55. The summed E-state index contributed by atoms with van der Waals surface area (Å²) >= 11 is 3.90. The van der Waals surface area contributed by atoms with Crippen molar-refractivity contribution in [3.8, 4) is 0 Å². The summed E-state index contributed by atoms with van der Waals surface area (Å²) in [5.41, 5.74) is -0.542. The SMILES string of the molecule is CC(C)(C)OC(=O)[C@@H]1CC[C@H](CCI)N1C(=O)/C=C/c1cccs1. The van der Waals surface area contributed by atoms with Gasteiger partial charge in [0, 0.05) is 21.4 Å². The maximum Gasteiger partial charge on any atom is 0.329 e. The third-order valence-electron chi connectivity index (χ3n) is 3.81. The standard InChI is InChI=1S/C18H24INO3S/c1-18(2,3)23-17(22)15-8-6-13(10-11-19)20(15)16(21)9-7-14-5-4-12-24-14/h4-5,7,9,12-13,15H,6,8,10-11H2,1-3H3/b9-7+/t13-,15+/m1/s1. The molecule has 2 heterocycles. The van der Waals surface area contributed by atoms with Gasteiger partial charge in [-0.1, -0.05) is 28.7 Å². The van der Waals surface area contributed by atoms with Gasteiger partial charge in [0.15, 0.2) is 0 Å². The van der Waals surface area contributed by atoms with Gasteiger partial charge in [-0.25, -0.2) is 4.79 Å². The van der Waals surface area contributed by atoms with E-state index < -0.39 is 11.6 Å². The number of alkyl halides is 1. The molecular formula is C18H24INO3S. The molecule has 1 aliphatic rings. The fourth-order valence-corrected chi connectivity index (χ4v) is 4.19. The van der Waals surface area contributed by atoms with Gasteiger partial charge in [0.1, 0.15) is 11.6 Å². The number of likely N-dealkylation sites (tertiary alicyclic amines) is 1. The number of halogens is 1. The third kappa shape index (κ3) is 5.31. The van der Waals surface area contributed by atoms with E-state index in [4.69, 9.17) is 4.74 Å². The molecule has 2 rings (SSSR count). The highest BCUT2D eigenvalue weighted by Crippen LogP contribution is 2.29. The number of carbonyl (C=O) groups excluding carboxylic acids is 2. The highest BCUT2D eigenvalue weighted by Gasteiger charge is 2.41. The molecule has 1 aromatic heterocycles. The van der Waals surface area contributed by atoms with Crippen molar-refractivity contribution in [2.45, 2.75) is 57.7 Å². The Morgan fingerprint density at radius 2 is 2.17 bits per heavy atom. The third-order valence-corrected chi connectivity index (χ3v) is 5.27. The van der Waals surface area contributed by atoms with Crippen LogP contribution in [-0.4, -0.2) is 38.9 Å². The molecule has 6 heteroatoms. The van der Waals surface area contributed by atoms with Crippen molar-refractivity contribution in [1.29, 1.82) is 0 Å². The van der Waals surface area contributed by atoms with E-state index in [1.54, 1.807) is 22.3 Å². The number of amides is 1. The Morgan fingerprint density at radius 1 is 1.42 bits per heavy atom. The Bertz CT molecular complexity index is 592. The van der Waals surface area contributed by atoms with Gasteiger partial charge in [-0.2, -0.15) is 0 Å². The predicted octanol–water partition coefficient (Wildman–Crippen LogP) is 4.29. The van der Waals surface area contributed by atoms with Crippen molar-refractivity contribution in [3.63, 3.8) is 0 Å². The zero-order chi connectivity index (χ0) is 17.7. The number of hydrogen-bond donors (Lipinski definition) is 0. The molecular weight excluding hydrogens is 437 g/mol. The van der Waals surface area contributed by atoms with Gasteiger partial charge in [0.05, 0.1) is 0 Å². The minimum atomic E-state index is -0.542. The maximum atomic E-state index is 12.7. The van der Waals surface area contributed by atoms with Crippen LogP contribution in [0.15, 0.2) is 23.6 Å². The zero-order valence-corrected chi connectivity index (χ0v) is 17.3. The minimum absolute atomic E-state index is 0.105. The number of esters is 1. The maximum absolute atomic E-state index is 12.7. The van der Waals surface area contributed by atoms with Crippen LogP contribution < -0.4 is 0 Å². The molecule has 0 aromatic carbocycles. The van der Waals surface area contributed by atoms with Crippen LogP contribution in [0.25, 0.3) is 6.08 Å². The van der Waals surface area contributed by atoms with Crippen molar-refractivity contribution in [2.24, 2.45) is 0 Å². The van der Waals surface area contributed by atoms with Crippen LogP contribution in [0.5, 0.6) is 0 Å². The van der Waals surface area contributed by atoms with Gasteiger partial charge in [-0.3, -0.25) is 4.79 Å². The first-order valence-corrected chi connectivity index (χ1v) is 10.5. The van der Waals surface area contributed by atoms with Gasteiger partial charge >= 0.3 is 5.97 Å². The van der Waals surface area contributed by atoms with E-state index in [-0.39, 0.29) is 17.9 Å². The second-order valence-electron chi connectivity index (χ2n) is 6.85. The predicted molar refractivity (Wildman–Crippen MR) is 106 cm³/mol. The first-order valence-electron chi connectivity index (χ1n) is 8.14. The minimum Gasteiger partial charge on any atom is -0.458 e. The molecule has 0 aliphatic carbocycles. The second kappa shape index (κ2) is 8.47. The largest absolute Gasteiger partial charge is 0.458 e. The Morgan fingerprint density at radius 3 is 2.75 bits per heavy atom. The Kier molecular flexibility index (Phi) is 6.86. The van der Waals surface area contributed by atoms with Gasteiger partial charge in [-0.05, 0) is 57.6 Å². The first-order chi connectivity index (χ1) is 11.3. The first kappa shape index (κ1) is 19.4. The lowest BCUT2D eigenvalue weighted by Gasteiger charge is -2.30. The van der Waals surface area contributed by atoms with Crippen LogP contribution in [0.1, 0.15) is 44.9 Å². The molecule has 2 atom stereocenters. The van der Waals surface area contributed by atoms with E-state index in [9.17, 15) is 9.59 Å². The van der Waals surface area contributed by atoms with Crippen LogP contribution in [0.3, 0.4) is 0 Å². The van der Waals surface area contributed by atoms with E-state index in [0.717, 1.165) is 22.1 Å². The molecule has 1 aliphatic heterocycles. The van der Waals surface area contributed by atoms with Crippen LogP contribution in [0.4, 0.5) is 0 Å². The number of rotatable bonds is 5. The molecule has 132 valence electrons. The summed E-state index contributed by atoms with van der Waals surface area (Å²) in [5, 5.41) is 1.97. The normalized spacial score (nSPS) is 21.4. The van der Waals surface area contributed by atoms with Crippen LogP contribution in [0.2, 0.25) is 0 Å². The Labute approximate surface area is 161 Å². The van der Waals surface area contributed by atoms with Gasteiger partial charge < -0.3 is 9.64 Å². The average molecular weight is 461 g/mol. The van der Waals surface area contributed by atoms with E-state index in [2.05, 4.69) is 22.6 Å². The number of hydrogen-bond acceptors (Lipinski definition) is 4. The Balaban J connectivity index is 2.15. The number of nitrogens with zero attached hydrogens (tertiary/aromatic N) is 1.